The van der Waals surface area contributed by atoms with Gasteiger partial charge < -0.3 is 14.2 Å². The third kappa shape index (κ3) is 4.55. The molecule has 3 aromatic rings. The number of hydrogen-bond acceptors (Lipinski definition) is 6. The summed E-state index contributed by atoms with van der Waals surface area (Å²) in [6.45, 7) is -3.02. The standard InChI is InChI=1S/C19H16F2N2O4S/c1-25-12-7-8-13-15(10-12)28-19(22-13)23-16(24)9-6-11-4-3-5-14(26-2)17(11)27-18(20)21/h3-10,18H,1-2H3,(H,22,23,24)/b9-6+. The van der Waals surface area contributed by atoms with Gasteiger partial charge in [-0.15, -0.1) is 0 Å². The number of methoxy groups -OCH3 is 2. The van der Waals surface area contributed by atoms with E-state index in [1.807, 2.05) is 6.07 Å². The Labute approximate surface area is 163 Å². The van der Waals surface area contributed by atoms with Crippen LogP contribution in [0.15, 0.2) is 42.5 Å². The van der Waals surface area contributed by atoms with Gasteiger partial charge in [-0.1, -0.05) is 23.5 Å². The normalized spacial score (nSPS) is 11.2. The van der Waals surface area contributed by atoms with Gasteiger partial charge in [-0.05, 0) is 30.3 Å². The molecule has 1 amide bonds. The first-order chi connectivity index (χ1) is 13.5. The SMILES string of the molecule is COc1ccc2nc(NC(=O)/C=C/c3cccc(OC)c3OC(F)F)sc2c1. The molecule has 0 unspecified atom stereocenters. The molecule has 0 spiro atoms. The summed E-state index contributed by atoms with van der Waals surface area (Å²) in [4.78, 5) is 16.5. The number of halogens is 2. The van der Waals surface area contributed by atoms with Gasteiger partial charge >= 0.3 is 6.61 Å². The molecule has 3 rings (SSSR count). The van der Waals surface area contributed by atoms with Crippen molar-refractivity contribution in [2.45, 2.75) is 6.61 Å². The van der Waals surface area contributed by atoms with Gasteiger partial charge in [-0.2, -0.15) is 8.78 Å². The minimum Gasteiger partial charge on any atom is -0.497 e. The number of thiazole rings is 1. The number of carbonyl (C=O) groups excluding carboxylic acids is 1. The lowest BCUT2D eigenvalue weighted by atomic mass is 10.1. The Bertz CT molecular complexity index is 1020. The topological polar surface area (TPSA) is 69.7 Å². The number of amides is 1. The molecular formula is C19H16F2N2O4S. The van der Waals surface area contributed by atoms with Crippen molar-refractivity contribution in [1.82, 2.24) is 4.98 Å². The maximum absolute atomic E-state index is 12.7. The van der Waals surface area contributed by atoms with Crippen LogP contribution in [0, 0.1) is 0 Å². The second-order valence-electron chi connectivity index (χ2n) is 5.43. The van der Waals surface area contributed by atoms with Gasteiger partial charge in [-0.3, -0.25) is 10.1 Å². The Morgan fingerprint density at radius 3 is 2.75 bits per heavy atom. The molecule has 2 aromatic carbocycles. The van der Waals surface area contributed by atoms with Gasteiger partial charge in [0.2, 0.25) is 5.91 Å². The zero-order valence-electron chi connectivity index (χ0n) is 14.9. The number of carbonyl (C=O) groups is 1. The molecule has 1 N–H and O–H groups in total. The Hall–Kier alpha value is -3.20. The molecule has 0 radical (unpaired) electrons. The first-order valence-corrected chi connectivity index (χ1v) is 8.87. The predicted molar refractivity (Wildman–Crippen MR) is 103 cm³/mol. The third-order valence-electron chi connectivity index (χ3n) is 3.68. The van der Waals surface area contributed by atoms with Crippen molar-refractivity contribution in [1.29, 1.82) is 0 Å². The zero-order valence-corrected chi connectivity index (χ0v) is 15.8. The van der Waals surface area contributed by atoms with Crippen LogP contribution in [-0.4, -0.2) is 31.7 Å². The lowest BCUT2D eigenvalue weighted by Crippen LogP contribution is -2.08. The first kappa shape index (κ1) is 19.6. The van der Waals surface area contributed by atoms with Crippen LogP contribution in [0.2, 0.25) is 0 Å². The lowest BCUT2D eigenvalue weighted by molar-refractivity contribution is -0.111. The van der Waals surface area contributed by atoms with E-state index in [2.05, 4.69) is 15.0 Å². The summed E-state index contributed by atoms with van der Waals surface area (Å²) < 4.78 is 40.9. The number of fused-ring (bicyclic) bond motifs is 1. The summed E-state index contributed by atoms with van der Waals surface area (Å²) in [5.41, 5.74) is 1.01. The maximum atomic E-state index is 12.7. The number of nitrogens with one attached hydrogen (secondary N) is 1. The van der Waals surface area contributed by atoms with Crippen LogP contribution in [0.25, 0.3) is 16.3 Å². The predicted octanol–water partition coefficient (Wildman–Crippen LogP) is 4.57. The van der Waals surface area contributed by atoms with Crippen molar-refractivity contribution in [2.24, 2.45) is 0 Å². The molecule has 28 heavy (non-hydrogen) atoms. The van der Waals surface area contributed by atoms with Gasteiger partial charge in [0.05, 0.1) is 24.4 Å². The number of hydrogen-bond donors (Lipinski definition) is 1. The Morgan fingerprint density at radius 1 is 1.21 bits per heavy atom. The molecule has 1 heterocycles. The lowest BCUT2D eigenvalue weighted by Gasteiger charge is -2.12. The van der Waals surface area contributed by atoms with Crippen molar-refractivity contribution in [3.8, 4) is 17.2 Å². The number of alkyl halides is 2. The Morgan fingerprint density at radius 2 is 2.04 bits per heavy atom. The van der Waals surface area contributed by atoms with Crippen molar-refractivity contribution in [2.75, 3.05) is 19.5 Å². The van der Waals surface area contributed by atoms with E-state index in [1.165, 1.54) is 42.7 Å². The smallest absolute Gasteiger partial charge is 0.387 e. The second-order valence-corrected chi connectivity index (χ2v) is 6.46. The first-order valence-electron chi connectivity index (χ1n) is 8.05. The quantitative estimate of drug-likeness (QED) is 0.582. The molecule has 1 aromatic heterocycles. The Balaban J connectivity index is 1.77. The summed E-state index contributed by atoms with van der Waals surface area (Å²) in [7, 11) is 2.91. The monoisotopic (exact) mass is 406 g/mol. The third-order valence-corrected chi connectivity index (χ3v) is 4.61. The number of para-hydroxylation sites is 1. The van der Waals surface area contributed by atoms with Crippen LogP contribution >= 0.6 is 11.3 Å². The highest BCUT2D eigenvalue weighted by Gasteiger charge is 2.14. The van der Waals surface area contributed by atoms with Crippen LogP contribution in [-0.2, 0) is 4.79 Å². The van der Waals surface area contributed by atoms with Gasteiger partial charge in [-0.25, -0.2) is 4.98 Å². The molecule has 0 bridgehead atoms. The number of rotatable bonds is 7. The number of benzene rings is 2. The molecular weight excluding hydrogens is 390 g/mol. The fourth-order valence-electron chi connectivity index (χ4n) is 2.44. The van der Waals surface area contributed by atoms with Crippen LogP contribution in [0.4, 0.5) is 13.9 Å². The molecule has 0 atom stereocenters. The van der Waals surface area contributed by atoms with E-state index in [0.717, 1.165) is 10.2 Å². The van der Waals surface area contributed by atoms with Gasteiger partial charge in [0.25, 0.3) is 0 Å². The van der Waals surface area contributed by atoms with Crippen molar-refractivity contribution in [3.63, 3.8) is 0 Å². The van der Waals surface area contributed by atoms with Crippen molar-refractivity contribution in [3.05, 3.63) is 48.0 Å². The summed E-state index contributed by atoms with van der Waals surface area (Å²) >= 11 is 1.29. The fraction of sp³-hybridized carbons (Fsp3) is 0.158. The van der Waals surface area contributed by atoms with Crippen molar-refractivity contribution >= 4 is 38.7 Å². The molecule has 0 aliphatic heterocycles. The van der Waals surface area contributed by atoms with E-state index in [-0.39, 0.29) is 17.1 Å². The van der Waals surface area contributed by atoms with E-state index in [9.17, 15) is 13.6 Å². The number of ether oxygens (including phenoxy) is 3. The summed E-state index contributed by atoms with van der Waals surface area (Å²) in [6, 6.07) is 10.0. The maximum Gasteiger partial charge on any atom is 0.387 e. The number of anilines is 1. The second kappa shape index (κ2) is 8.66. The summed E-state index contributed by atoms with van der Waals surface area (Å²) in [5, 5.41) is 3.06. The molecule has 146 valence electrons. The van der Waals surface area contributed by atoms with Crippen molar-refractivity contribution < 1.29 is 27.8 Å². The summed E-state index contributed by atoms with van der Waals surface area (Å²) in [5.74, 6) is 0.231. The van der Waals surface area contributed by atoms with E-state index < -0.39 is 12.5 Å². The number of nitrogens with zero attached hydrogens (tertiary/aromatic N) is 1. The zero-order chi connectivity index (χ0) is 20.1. The number of aromatic nitrogens is 1. The Kier molecular flexibility index (Phi) is 6.05. The van der Waals surface area contributed by atoms with Gasteiger partial charge in [0.1, 0.15) is 5.75 Å². The molecule has 0 saturated heterocycles. The highest BCUT2D eigenvalue weighted by atomic mass is 32.1. The molecule has 0 saturated carbocycles. The van der Waals surface area contributed by atoms with E-state index in [4.69, 9.17) is 9.47 Å². The minimum absolute atomic E-state index is 0.142. The average molecular weight is 406 g/mol. The summed E-state index contributed by atoms with van der Waals surface area (Å²) in [6.07, 6.45) is 2.58. The van der Waals surface area contributed by atoms with Gasteiger partial charge in [0, 0.05) is 11.6 Å². The molecule has 0 aliphatic rings. The largest absolute Gasteiger partial charge is 0.497 e. The van der Waals surface area contributed by atoms with E-state index in [1.54, 1.807) is 25.3 Å². The van der Waals surface area contributed by atoms with Crippen LogP contribution in [0.3, 0.4) is 0 Å². The molecule has 6 nitrogen and oxygen atoms in total. The highest BCUT2D eigenvalue weighted by molar-refractivity contribution is 7.22. The van der Waals surface area contributed by atoms with Crippen LogP contribution < -0.4 is 19.5 Å². The molecule has 0 fully saturated rings. The van der Waals surface area contributed by atoms with Gasteiger partial charge in [0.15, 0.2) is 16.6 Å². The van der Waals surface area contributed by atoms with Crippen LogP contribution in [0.1, 0.15) is 5.56 Å². The van der Waals surface area contributed by atoms with E-state index >= 15 is 0 Å². The van der Waals surface area contributed by atoms with E-state index in [0.29, 0.717) is 10.9 Å². The van der Waals surface area contributed by atoms with Crippen LogP contribution in [0.5, 0.6) is 17.2 Å². The minimum atomic E-state index is -3.02. The molecule has 9 heteroatoms. The fourth-order valence-corrected chi connectivity index (χ4v) is 3.34. The molecule has 0 aliphatic carbocycles. The average Bonchev–Trinajstić information content (AvgIpc) is 3.07. The highest BCUT2D eigenvalue weighted by Crippen LogP contribution is 2.33.